The van der Waals surface area contributed by atoms with E-state index in [0.717, 1.165) is 24.9 Å². The van der Waals surface area contributed by atoms with Gasteiger partial charge in [0.2, 0.25) is 5.91 Å². The normalized spacial score (nSPS) is 31.7. The Balaban J connectivity index is 1.64. The second-order valence-electron chi connectivity index (χ2n) is 9.12. The summed E-state index contributed by atoms with van der Waals surface area (Å²) >= 11 is 0. The Morgan fingerprint density at radius 1 is 1.07 bits per heavy atom. The minimum absolute atomic E-state index is 0.277. The molecular formula is C23H29NO3. The van der Waals surface area contributed by atoms with Crippen LogP contribution in [0.25, 0.3) is 0 Å². The monoisotopic (exact) mass is 367 g/mol. The van der Waals surface area contributed by atoms with Crippen LogP contribution < -0.4 is 0 Å². The second-order valence-corrected chi connectivity index (χ2v) is 9.12. The fourth-order valence-corrected chi connectivity index (χ4v) is 5.62. The number of nitrogens with zero attached hydrogens (tertiary/aromatic N) is 1. The molecule has 0 N–H and O–H groups in total. The highest BCUT2D eigenvalue weighted by Gasteiger charge is 2.64. The van der Waals surface area contributed by atoms with Crippen molar-refractivity contribution in [2.24, 2.45) is 11.3 Å². The van der Waals surface area contributed by atoms with E-state index < -0.39 is 11.2 Å². The predicted molar refractivity (Wildman–Crippen MR) is 103 cm³/mol. The Bertz CT molecular complexity index is 774. The number of hydrogen-bond donors (Lipinski definition) is 0. The van der Waals surface area contributed by atoms with Crippen LogP contribution in [-0.4, -0.2) is 42.9 Å². The zero-order chi connectivity index (χ0) is 18.7. The van der Waals surface area contributed by atoms with E-state index in [0.29, 0.717) is 25.7 Å². The van der Waals surface area contributed by atoms with Gasteiger partial charge in [-0.1, -0.05) is 50.3 Å². The molecule has 4 nitrogen and oxygen atoms in total. The van der Waals surface area contributed by atoms with E-state index in [9.17, 15) is 4.79 Å². The van der Waals surface area contributed by atoms with Crippen molar-refractivity contribution in [3.8, 4) is 0 Å². The van der Waals surface area contributed by atoms with Gasteiger partial charge in [0.25, 0.3) is 0 Å². The van der Waals surface area contributed by atoms with Crippen LogP contribution in [0.2, 0.25) is 0 Å². The molecular weight excluding hydrogens is 338 g/mol. The third kappa shape index (κ3) is 2.39. The van der Waals surface area contributed by atoms with Gasteiger partial charge in [-0.25, -0.2) is 0 Å². The minimum Gasteiger partial charge on any atom is -0.347 e. The average molecular weight is 367 g/mol. The highest BCUT2D eigenvalue weighted by atomic mass is 16.7. The number of rotatable bonds is 3. The molecule has 2 heterocycles. The van der Waals surface area contributed by atoms with Gasteiger partial charge >= 0.3 is 0 Å². The van der Waals surface area contributed by atoms with Crippen molar-refractivity contribution in [2.75, 3.05) is 26.3 Å². The van der Waals surface area contributed by atoms with Crippen molar-refractivity contribution in [3.63, 3.8) is 0 Å². The molecule has 2 aliphatic carbocycles. The fourth-order valence-electron chi connectivity index (χ4n) is 5.62. The number of hydrogen-bond acceptors (Lipinski definition) is 3. The number of amides is 1. The topological polar surface area (TPSA) is 38.8 Å². The number of carbonyl (C=O) groups is 1. The van der Waals surface area contributed by atoms with Gasteiger partial charge in [0, 0.05) is 24.9 Å². The first-order valence-corrected chi connectivity index (χ1v) is 10.3. The smallest absolute Gasteiger partial charge is 0.237 e. The summed E-state index contributed by atoms with van der Waals surface area (Å²) in [7, 11) is 0. The molecule has 1 atom stereocenters. The molecule has 3 fully saturated rings. The van der Waals surface area contributed by atoms with Crippen LogP contribution in [0.5, 0.6) is 0 Å². The van der Waals surface area contributed by atoms with Crippen LogP contribution in [-0.2, 0) is 19.7 Å². The molecule has 1 aromatic carbocycles. The van der Waals surface area contributed by atoms with Crippen molar-refractivity contribution in [1.29, 1.82) is 0 Å². The number of carbonyl (C=O) groups excluding carboxylic acids is 1. The van der Waals surface area contributed by atoms with Gasteiger partial charge in [-0.2, -0.15) is 0 Å². The van der Waals surface area contributed by atoms with E-state index in [2.05, 4.69) is 49.1 Å². The summed E-state index contributed by atoms with van der Waals surface area (Å²) < 4.78 is 12.4. The molecule has 1 saturated heterocycles. The lowest BCUT2D eigenvalue weighted by molar-refractivity contribution is -0.236. The molecule has 4 aliphatic rings. The standard InChI is InChI=1S/C23H29NO3/c1-21(2)19-10-13-24(16-17-8-9-17)20(25)22(19,18-6-4-3-5-7-18)11-12-23(21)26-14-15-27-23/h3-7,10,17H,8-9,11-16H2,1-2H3. The van der Waals surface area contributed by atoms with Crippen LogP contribution in [0.3, 0.4) is 0 Å². The van der Waals surface area contributed by atoms with E-state index in [1.54, 1.807) is 0 Å². The first-order chi connectivity index (χ1) is 13.0. The summed E-state index contributed by atoms with van der Waals surface area (Å²) in [6, 6.07) is 10.4. The molecule has 27 heavy (non-hydrogen) atoms. The van der Waals surface area contributed by atoms with Gasteiger partial charge < -0.3 is 14.4 Å². The quantitative estimate of drug-likeness (QED) is 0.765. The Kier molecular flexibility index (Phi) is 3.83. The molecule has 1 aromatic rings. The van der Waals surface area contributed by atoms with E-state index in [4.69, 9.17) is 9.47 Å². The van der Waals surface area contributed by atoms with Crippen molar-refractivity contribution >= 4 is 5.91 Å². The first kappa shape index (κ1) is 17.4. The lowest BCUT2D eigenvalue weighted by atomic mass is 9.53. The third-order valence-corrected chi connectivity index (χ3v) is 7.28. The molecule has 0 radical (unpaired) electrons. The summed E-state index contributed by atoms with van der Waals surface area (Å²) in [6.45, 7) is 7.28. The highest BCUT2D eigenvalue weighted by Crippen LogP contribution is 2.60. The van der Waals surface area contributed by atoms with Crippen LogP contribution >= 0.6 is 0 Å². The Hall–Kier alpha value is -1.65. The summed E-state index contributed by atoms with van der Waals surface area (Å²) in [5.74, 6) is 0.371. The molecule has 2 aliphatic heterocycles. The summed E-state index contributed by atoms with van der Waals surface area (Å²) in [6.07, 6.45) is 6.31. The molecule has 1 spiro atoms. The van der Waals surface area contributed by atoms with E-state index >= 15 is 0 Å². The molecule has 0 aromatic heterocycles. The van der Waals surface area contributed by atoms with Crippen LogP contribution in [0.1, 0.15) is 45.1 Å². The number of fused-ring (bicyclic) bond motifs is 1. The second kappa shape index (κ2) is 5.92. The predicted octanol–water partition coefficient (Wildman–Crippen LogP) is 3.67. The maximum Gasteiger partial charge on any atom is 0.237 e. The number of benzene rings is 1. The largest absolute Gasteiger partial charge is 0.347 e. The summed E-state index contributed by atoms with van der Waals surface area (Å²) in [4.78, 5) is 16.0. The van der Waals surface area contributed by atoms with Crippen molar-refractivity contribution < 1.29 is 14.3 Å². The molecule has 2 saturated carbocycles. The van der Waals surface area contributed by atoms with Gasteiger partial charge in [-0.05, 0) is 36.3 Å². The van der Waals surface area contributed by atoms with E-state index in [1.165, 1.54) is 18.4 Å². The van der Waals surface area contributed by atoms with Crippen molar-refractivity contribution in [2.45, 2.75) is 50.7 Å². The lowest BCUT2D eigenvalue weighted by Gasteiger charge is -2.57. The van der Waals surface area contributed by atoms with E-state index in [1.807, 2.05) is 6.07 Å². The molecule has 1 unspecified atom stereocenters. The lowest BCUT2D eigenvalue weighted by Crippen LogP contribution is -2.63. The average Bonchev–Trinajstić information content (AvgIpc) is 3.36. The zero-order valence-electron chi connectivity index (χ0n) is 16.4. The molecule has 144 valence electrons. The van der Waals surface area contributed by atoms with Gasteiger partial charge in [-0.3, -0.25) is 4.79 Å². The van der Waals surface area contributed by atoms with Gasteiger partial charge in [-0.15, -0.1) is 0 Å². The molecule has 1 amide bonds. The number of ether oxygens (including phenoxy) is 2. The fraction of sp³-hybridized carbons (Fsp3) is 0.609. The van der Waals surface area contributed by atoms with Crippen LogP contribution in [0.4, 0.5) is 0 Å². The first-order valence-electron chi connectivity index (χ1n) is 10.3. The van der Waals surface area contributed by atoms with Crippen molar-refractivity contribution in [3.05, 3.63) is 47.5 Å². The molecule has 4 heteroatoms. The maximum atomic E-state index is 13.9. The maximum absolute atomic E-state index is 13.9. The summed E-state index contributed by atoms with van der Waals surface area (Å²) in [5.41, 5.74) is 1.37. The molecule has 5 rings (SSSR count). The van der Waals surface area contributed by atoms with Gasteiger partial charge in [0.1, 0.15) is 0 Å². The van der Waals surface area contributed by atoms with Crippen LogP contribution in [0, 0.1) is 11.3 Å². The summed E-state index contributed by atoms with van der Waals surface area (Å²) in [5, 5.41) is 0. The molecule has 0 bridgehead atoms. The van der Waals surface area contributed by atoms with Crippen LogP contribution in [0.15, 0.2) is 42.0 Å². The van der Waals surface area contributed by atoms with E-state index in [-0.39, 0.29) is 11.3 Å². The highest BCUT2D eigenvalue weighted by molar-refractivity contribution is 5.94. The Labute approximate surface area is 161 Å². The Morgan fingerprint density at radius 2 is 1.78 bits per heavy atom. The van der Waals surface area contributed by atoms with Crippen molar-refractivity contribution in [1.82, 2.24) is 4.90 Å². The zero-order valence-corrected chi connectivity index (χ0v) is 16.4. The van der Waals surface area contributed by atoms with Gasteiger partial charge in [0.15, 0.2) is 5.79 Å². The Morgan fingerprint density at radius 3 is 2.44 bits per heavy atom. The van der Waals surface area contributed by atoms with Gasteiger partial charge in [0.05, 0.1) is 18.6 Å². The minimum atomic E-state index is -0.601. The third-order valence-electron chi connectivity index (χ3n) is 7.28. The SMILES string of the molecule is CC1(C)C2=CCN(CC3CC3)C(=O)C2(c2ccccc2)CCC12OCCO2.